The highest BCUT2D eigenvalue weighted by Crippen LogP contribution is 2.29. The first-order valence-electron chi connectivity index (χ1n) is 6.30. The minimum absolute atomic E-state index is 0.00572. The molecule has 0 radical (unpaired) electrons. The van der Waals surface area contributed by atoms with Crippen LogP contribution in [0.2, 0.25) is 0 Å². The maximum absolute atomic E-state index is 11.8. The van der Waals surface area contributed by atoms with Crippen molar-refractivity contribution in [1.29, 1.82) is 0 Å². The van der Waals surface area contributed by atoms with Gasteiger partial charge in [0.05, 0.1) is 5.92 Å². The number of hydrogen-bond donors (Lipinski definition) is 3. The van der Waals surface area contributed by atoms with Crippen LogP contribution in [0.15, 0.2) is 5.38 Å². The molecule has 0 bridgehead atoms. The molecule has 2 unspecified atom stereocenters. The minimum atomic E-state index is -0.767. The van der Waals surface area contributed by atoms with Gasteiger partial charge in [0.25, 0.3) is 5.91 Å². The summed E-state index contributed by atoms with van der Waals surface area (Å²) < 4.78 is 0. The van der Waals surface area contributed by atoms with Gasteiger partial charge in [0, 0.05) is 11.9 Å². The van der Waals surface area contributed by atoms with Crippen molar-refractivity contribution in [3.63, 3.8) is 0 Å². The summed E-state index contributed by atoms with van der Waals surface area (Å²) in [6.07, 6.45) is 3.51. The van der Waals surface area contributed by atoms with Crippen molar-refractivity contribution in [3.05, 3.63) is 11.1 Å². The standard InChI is InChI=1S/C12H17N3O3S/c13-12-15-9(6-19-12)10(16)14-5-7-3-1-2-4-8(7)11(17)18/h6-8H,1-5H2,(H2,13,15)(H,14,16)(H,17,18). The van der Waals surface area contributed by atoms with E-state index in [-0.39, 0.29) is 17.7 Å². The fraction of sp³-hybridized carbons (Fsp3) is 0.583. The number of thiazole rings is 1. The Morgan fingerprint density at radius 3 is 2.84 bits per heavy atom. The third kappa shape index (κ3) is 3.44. The fourth-order valence-corrected chi connectivity index (χ4v) is 3.03. The zero-order valence-electron chi connectivity index (χ0n) is 10.5. The van der Waals surface area contributed by atoms with E-state index >= 15 is 0 Å². The van der Waals surface area contributed by atoms with Gasteiger partial charge in [0.2, 0.25) is 0 Å². The van der Waals surface area contributed by atoms with E-state index in [2.05, 4.69) is 10.3 Å². The molecule has 2 rings (SSSR count). The SMILES string of the molecule is Nc1nc(C(=O)NCC2CCCCC2C(=O)O)cs1. The van der Waals surface area contributed by atoms with Crippen molar-refractivity contribution in [1.82, 2.24) is 10.3 Å². The van der Waals surface area contributed by atoms with Gasteiger partial charge in [-0.1, -0.05) is 12.8 Å². The minimum Gasteiger partial charge on any atom is -0.481 e. The third-order valence-electron chi connectivity index (χ3n) is 3.51. The number of carboxylic acid groups (broad SMARTS) is 1. The normalized spacial score (nSPS) is 22.9. The molecule has 6 nitrogen and oxygen atoms in total. The Balaban J connectivity index is 1.90. The van der Waals surface area contributed by atoms with Crippen LogP contribution in [0.25, 0.3) is 0 Å². The molecular weight excluding hydrogens is 266 g/mol. The second-order valence-electron chi connectivity index (χ2n) is 4.77. The zero-order chi connectivity index (χ0) is 13.8. The largest absolute Gasteiger partial charge is 0.481 e. The summed E-state index contributed by atoms with van der Waals surface area (Å²) in [5.74, 6) is -1.40. The van der Waals surface area contributed by atoms with Crippen LogP contribution >= 0.6 is 11.3 Å². The molecule has 1 aliphatic carbocycles. The smallest absolute Gasteiger partial charge is 0.306 e. The monoisotopic (exact) mass is 283 g/mol. The van der Waals surface area contributed by atoms with Crippen molar-refractivity contribution in [3.8, 4) is 0 Å². The third-order valence-corrected chi connectivity index (χ3v) is 4.18. The van der Waals surface area contributed by atoms with Crippen molar-refractivity contribution < 1.29 is 14.7 Å². The van der Waals surface area contributed by atoms with E-state index in [1.54, 1.807) is 5.38 Å². The Morgan fingerprint density at radius 2 is 2.21 bits per heavy atom. The van der Waals surface area contributed by atoms with Gasteiger partial charge in [-0.3, -0.25) is 9.59 Å². The molecule has 0 spiro atoms. The number of carbonyl (C=O) groups is 2. The van der Waals surface area contributed by atoms with Crippen LogP contribution in [0.5, 0.6) is 0 Å². The number of nitrogens with zero attached hydrogens (tertiary/aromatic N) is 1. The highest BCUT2D eigenvalue weighted by atomic mass is 32.1. The lowest BCUT2D eigenvalue weighted by atomic mass is 9.79. The molecule has 104 valence electrons. The van der Waals surface area contributed by atoms with Crippen LogP contribution in [-0.4, -0.2) is 28.5 Å². The number of hydrogen-bond acceptors (Lipinski definition) is 5. The van der Waals surface area contributed by atoms with E-state index in [9.17, 15) is 9.59 Å². The number of nitrogens with two attached hydrogens (primary N) is 1. The summed E-state index contributed by atoms with van der Waals surface area (Å²) in [6, 6.07) is 0. The summed E-state index contributed by atoms with van der Waals surface area (Å²) in [5.41, 5.74) is 5.76. The molecule has 4 N–H and O–H groups in total. The summed E-state index contributed by atoms with van der Waals surface area (Å²) >= 11 is 1.21. The van der Waals surface area contributed by atoms with Gasteiger partial charge in [-0.05, 0) is 18.8 Å². The van der Waals surface area contributed by atoms with E-state index in [0.29, 0.717) is 23.8 Å². The number of nitrogen functional groups attached to an aromatic ring is 1. The highest BCUT2D eigenvalue weighted by molar-refractivity contribution is 7.13. The van der Waals surface area contributed by atoms with Gasteiger partial charge in [-0.2, -0.15) is 0 Å². The van der Waals surface area contributed by atoms with Crippen LogP contribution in [0.4, 0.5) is 5.13 Å². The van der Waals surface area contributed by atoms with Crippen LogP contribution < -0.4 is 11.1 Å². The van der Waals surface area contributed by atoms with Gasteiger partial charge in [-0.15, -0.1) is 11.3 Å². The molecule has 1 aliphatic rings. The van der Waals surface area contributed by atoms with Crippen LogP contribution in [0, 0.1) is 11.8 Å². The second kappa shape index (κ2) is 6.01. The van der Waals surface area contributed by atoms with Gasteiger partial charge in [-0.25, -0.2) is 4.98 Å². The lowest BCUT2D eigenvalue weighted by Crippen LogP contribution is -2.37. The van der Waals surface area contributed by atoms with Crippen molar-refractivity contribution in [2.75, 3.05) is 12.3 Å². The maximum Gasteiger partial charge on any atom is 0.306 e. The fourth-order valence-electron chi connectivity index (χ4n) is 2.48. The topological polar surface area (TPSA) is 105 Å². The van der Waals surface area contributed by atoms with Gasteiger partial charge >= 0.3 is 5.97 Å². The van der Waals surface area contributed by atoms with Crippen LogP contribution in [0.3, 0.4) is 0 Å². The Bertz CT molecular complexity index is 475. The number of nitrogens with one attached hydrogen (secondary N) is 1. The first kappa shape index (κ1) is 13.8. The molecule has 19 heavy (non-hydrogen) atoms. The van der Waals surface area contributed by atoms with Crippen molar-refractivity contribution in [2.24, 2.45) is 11.8 Å². The molecule has 1 fully saturated rings. The van der Waals surface area contributed by atoms with Crippen LogP contribution in [-0.2, 0) is 4.79 Å². The average Bonchev–Trinajstić information content (AvgIpc) is 2.83. The molecule has 1 aromatic rings. The lowest BCUT2D eigenvalue weighted by molar-refractivity contribution is -0.144. The Hall–Kier alpha value is -1.63. The van der Waals surface area contributed by atoms with Crippen molar-refractivity contribution in [2.45, 2.75) is 25.7 Å². The van der Waals surface area contributed by atoms with E-state index in [1.807, 2.05) is 0 Å². The molecule has 1 aromatic heterocycles. The molecule has 1 saturated carbocycles. The van der Waals surface area contributed by atoms with Crippen molar-refractivity contribution >= 4 is 28.3 Å². The first-order valence-corrected chi connectivity index (χ1v) is 7.18. The number of aromatic nitrogens is 1. The summed E-state index contributed by atoms with van der Waals surface area (Å²) in [6.45, 7) is 0.382. The summed E-state index contributed by atoms with van der Waals surface area (Å²) in [4.78, 5) is 26.8. The van der Waals surface area contributed by atoms with Gasteiger partial charge in [0.15, 0.2) is 5.13 Å². The molecule has 0 saturated heterocycles. The molecule has 7 heteroatoms. The second-order valence-corrected chi connectivity index (χ2v) is 5.66. The molecular formula is C12H17N3O3S. The summed E-state index contributed by atoms with van der Waals surface area (Å²) in [7, 11) is 0. The van der Waals surface area contributed by atoms with E-state index < -0.39 is 5.97 Å². The number of rotatable bonds is 4. The first-order chi connectivity index (χ1) is 9.08. The molecule has 1 heterocycles. The Kier molecular flexibility index (Phi) is 4.36. The van der Waals surface area contributed by atoms with E-state index in [4.69, 9.17) is 10.8 Å². The summed E-state index contributed by atoms with van der Waals surface area (Å²) in [5, 5.41) is 13.9. The average molecular weight is 283 g/mol. The number of carbonyl (C=O) groups excluding carboxylic acids is 1. The van der Waals surface area contributed by atoms with Gasteiger partial charge in [0.1, 0.15) is 5.69 Å². The Labute approximate surface area is 115 Å². The molecule has 2 atom stereocenters. The highest BCUT2D eigenvalue weighted by Gasteiger charge is 2.30. The van der Waals surface area contributed by atoms with E-state index in [1.165, 1.54) is 11.3 Å². The number of aliphatic carboxylic acids is 1. The zero-order valence-corrected chi connectivity index (χ0v) is 11.3. The molecule has 0 aliphatic heterocycles. The van der Waals surface area contributed by atoms with Gasteiger partial charge < -0.3 is 16.2 Å². The lowest BCUT2D eigenvalue weighted by Gasteiger charge is -2.28. The Morgan fingerprint density at radius 1 is 1.47 bits per heavy atom. The predicted octanol–water partition coefficient (Wildman–Crippen LogP) is 1.35. The number of amides is 1. The number of anilines is 1. The molecule has 0 aromatic carbocycles. The molecule has 1 amide bonds. The maximum atomic E-state index is 11.8. The van der Waals surface area contributed by atoms with Crippen LogP contribution in [0.1, 0.15) is 36.2 Å². The van der Waals surface area contributed by atoms with E-state index in [0.717, 1.165) is 19.3 Å². The quantitative estimate of drug-likeness (QED) is 0.773. The number of carboxylic acids is 1. The predicted molar refractivity (Wildman–Crippen MR) is 71.9 cm³/mol.